The topological polar surface area (TPSA) is 109 Å². The largest absolute Gasteiger partial charge is 0.508 e. The highest BCUT2D eigenvalue weighted by molar-refractivity contribution is 7.15. The number of fused-ring (bicyclic) bond motifs is 4. The zero-order chi connectivity index (χ0) is 46.8. The molecule has 5 atom stereocenters. The van der Waals surface area contributed by atoms with E-state index in [2.05, 4.69) is 119 Å². The third kappa shape index (κ3) is 6.65. The van der Waals surface area contributed by atoms with Gasteiger partial charge in [-0.1, -0.05) is 97.1 Å². The molecule has 0 saturated heterocycles. The number of hydrogen-bond donors (Lipinski definition) is 1. The molecule has 0 amide bonds. The minimum atomic E-state index is -0.150. The normalized spacial score (nSPS) is 23.4. The van der Waals surface area contributed by atoms with Gasteiger partial charge in [-0.3, -0.25) is 0 Å². The Morgan fingerprint density at radius 3 is 2.01 bits per heavy atom. The standard InChI is InChI=1S/C61H45N5O2S/c1-68-60(59-41-28-43-31-44-32-54(59)61(43,44)34-41)52-33-48(67)24-21-38(52)20-22-46-29-40(53(37-64)58(42(35-62)36-63)39-12-4-2-5-13-39)30-47(65(46)45-14-6-3-7-15-45)23-25-49-26-27-57(69-49)66-55-18-10-8-16-50(55)51-17-9-11-19-56(51)66/h2-27,29-30,33,41,43-44,54,67H,28,31-32,34H2,1H3/b22-20+,25-23+,53-40-,60-59+. The summed E-state index contributed by atoms with van der Waals surface area (Å²) in [6, 6.07) is 52.7. The molecule has 5 aliphatic rings. The van der Waals surface area contributed by atoms with Crippen molar-refractivity contribution in [1.29, 1.82) is 15.8 Å². The molecule has 1 aliphatic heterocycles. The molecule has 4 fully saturated rings. The highest BCUT2D eigenvalue weighted by Gasteiger charge is 2.75. The number of anilines is 1. The van der Waals surface area contributed by atoms with E-state index in [1.54, 1.807) is 24.5 Å². The van der Waals surface area contributed by atoms with Gasteiger partial charge in [0.1, 0.15) is 40.3 Å². The number of benzene rings is 5. The number of nitriles is 3. The van der Waals surface area contributed by atoms with E-state index in [0.717, 1.165) is 66.7 Å². The second-order valence-electron chi connectivity index (χ2n) is 18.7. The van der Waals surface area contributed by atoms with Gasteiger partial charge in [0.15, 0.2) is 0 Å². The summed E-state index contributed by atoms with van der Waals surface area (Å²) < 4.78 is 8.69. The third-order valence-corrected chi connectivity index (χ3v) is 16.6. The molecule has 3 heterocycles. The van der Waals surface area contributed by atoms with Gasteiger partial charge in [0.05, 0.1) is 23.7 Å². The van der Waals surface area contributed by atoms with Crippen molar-refractivity contribution in [3.8, 4) is 29.0 Å². The van der Waals surface area contributed by atoms with Gasteiger partial charge in [-0.05, 0) is 156 Å². The summed E-state index contributed by atoms with van der Waals surface area (Å²) in [5, 5.41) is 46.3. The van der Waals surface area contributed by atoms with Crippen LogP contribution in [0.2, 0.25) is 0 Å². The van der Waals surface area contributed by atoms with Gasteiger partial charge >= 0.3 is 0 Å². The van der Waals surface area contributed by atoms with Crippen LogP contribution in [0.25, 0.3) is 50.3 Å². The van der Waals surface area contributed by atoms with E-state index in [9.17, 15) is 20.9 Å². The molecule has 5 aromatic carbocycles. The van der Waals surface area contributed by atoms with Crippen molar-refractivity contribution in [2.75, 3.05) is 12.0 Å². The average molecular weight is 912 g/mol. The lowest BCUT2D eigenvalue weighted by atomic mass is 9.38. The molecule has 12 rings (SSSR count). The molecule has 2 aromatic heterocycles. The molecular formula is C61H45N5O2S. The maximum atomic E-state index is 11.1. The zero-order valence-corrected chi connectivity index (χ0v) is 38.7. The lowest BCUT2D eigenvalue weighted by Crippen LogP contribution is -2.60. The Hall–Kier alpha value is -8.35. The van der Waals surface area contributed by atoms with Gasteiger partial charge in [-0.15, -0.1) is 11.3 Å². The Morgan fingerprint density at radius 2 is 1.36 bits per heavy atom. The summed E-state index contributed by atoms with van der Waals surface area (Å²) in [6.07, 6.45) is 17.3. The molecule has 4 aliphatic carbocycles. The SMILES string of the molecule is CO/C(=C1\C2CC3CC4CC1C34C2)c1cc(O)ccc1/C=C/C1=CC(=C(\C#N)C(=C(C#N)C#N)c2ccccc2)/C=C(/C=C/c2ccc(-n3c4ccccc4c4ccccc43)s2)N1c1ccccc1. The Balaban J connectivity index is 1.01. The number of phenolic OH excluding ortho intramolecular Hbond substituents is 1. The van der Waals surface area contributed by atoms with E-state index in [-0.39, 0.29) is 22.5 Å². The van der Waals surface area contributed by atoms with Crippen molar-refractivity contribution < 1.29 is 9.84 Å². The predicted octanol–water partition coefficient (Wildman–Crippen LogP) is 14.3. The van der Waals surface area contributed by atoms with Crippen molar-refractivity contribution in [2.24, 2.45) is 29.1 Å². The van der Waals surface area contributed by atoms with Crippen molar-refractivity contribution in [1.82, 2.24) is 4.57 Å². The first kappa shape index (κ1) is 42.0. The first-order chi connectivity index (χ1) is 33.9. The van der Waals surface area contributed by atoms with Crippen molar-refractivity contribution in [3.05, 3.63) is 219 Å². The molecule has 2 bridgehead atoms. The second kappa shape index (κ2) is 16.8. The monoisotopic (exact) mass is 911 g/mol. The van der Waals surface area contributed by atoms with Gasteiger partial charge in [0.2, 0.25) is 0 Å². The summed E-state index contributed by atoms with van der Waals surface area (Å²) in [5.41, 5.74) is 9.79. The summed E-state index contributed by atoms with van der Waals surface area (Å²) in [4.78, 5) is 3.18. The summed E-state index contributed by atoms with van der Waals surface area (Å²) in [5.74, 6) is 3.78. The lowest BCUT2D eigenvalue weighted by molar-refractivity contribution is -0.159. The Morgan fingerprint density at radius 1 is 0.710 bits per heavy atom. The number of aromatic nitrogens is 1. The van der Waals surface area contributed by atoms with Crippen LogP contribution in [0.15, 0.2) is 198 Å². The predicted molar refractivity (Wildman–Crippen MR) is 276 cm³/mol. The van der Waals surface area contributed by atoms with E-state index in [1.165, 1.54) is 42.0 Å². The van der Waals surface area contributed by atoms with Crippen LogP contribution in [-0.4, -0.2) is 16.8 Å². The number of allylic oxidation sites excluding steroid dienone is 9. The van der Waals surface area contributed by atoms with Crippen molar-refractivity contribution >= 4 is 62.3 Å². The molecule has 8 heteroatoms. The highest BCUT2D eigenvalue weighted by atomic mass is 32.1. The van der Waals surface area contributed by atoms with Crippen LogP contribution >= 0.6 is 11.3 Å². The summed E-state index contributed by atoms with van der Waals surface area (Å²) in [7, 11) is 1.76. The second-order valence-corrected chi connectivity index (χ2v) is 19.8. The number of ether oxygens (including phenoxy) is 1. The van der Waals surface area contributed by atoms with Gasteiger partial charge in [-0.2, -0.15) is 15.8 Å². The van der Waals surface area contributed by atoms with Crippen LogP contribution in [0.1, 0.15) is 47.3 Å². The number of phenols is 1. The maximum Gasteiger partial charge on any atom is 0.138 e. The fraction of sp³-hybridized carbons (Fsp3) is 0.164. The zero-order valence-electron chi connectivity index (χ0n) is 37.9. The van der Waals surface area contributed by atoms with Gasteiger partial charge in [0.25, 0.3) is 0 Å². The van der Waals surface area contributed by atoms with Crippen LogP contribution in [0.5, 0.6) is 5.75 Å². The number of para-hydroxylation sites is 3. The number of thiophene rings is 1. The van der Waals surface area contributed by atoms with Gasteiger partial charge < -0.3 is 19.3 Å². The number of methoxy groups -OCH3 is 1. The van der Waals surface area contributed by atoms with Crippen molar-refractivity contribution in [2.45, 2.75) is 25.7 Å². The minimum Gasteiger partial charge on any atom is -0.508 e. The van der Waals surface area contributed by atoms with E-state index in [0.29, 0.717) is 28.4 Å². The summed E-state index contributed by atoms with van der Waals surface area (Å²) >= 11 is 1.69. The smallest absolute Gasteiger partial charge is 0.138 e. The van der Waals surface area contributed by atoms with Crippen LogP contribution in [-0.2, 0) is 4.74 Å². The molecule has 7 nitrogen and oxygen atoms in total. The average Bonchev–Trinajstić information content (AvgIpc) is 4.15. The number of rotatable bonds is 10. The van der Waals surface area contributed by atoms with E-state index in [4.69, 9.17) is 4.74 Å². The van der Waals surface area contributed by atoms with Crippen molar-refractivity contribution in [3.63, 3.8) is 0 Å². The molecule has 5 unspecified atom stereocenters. The molecule has 0 radical (unpaired) electrons. The van der Waals surface area contributed by atoms with Crippen LogP contribution in [0, 0.1) is 63.1 Å². The van der Waals surface area contributed by atoms with Crippen LogP contribution in [0.3, 0.4) is 0 Å². The third-order valence-electron chi connectivity index (χ3n) is 15.6. The molecular weight excluding hydrogens is 867 g/mol. The first-order valence-electron chi connectivity index (χ1n) is 23.5. The molecule has 7 aromatic rings. The van der Waals surface area contributed by atoms with E-state index in [1.807, 2.05) is 78.9 Å². The van der Waals surface area contributed by atoms with Crippen LogP contribution < -0.4 is 4.90 Å². The van der Waals surface area contributed by atoms with E-state index >= 15 is 0 Å². The molecule has 1 spiro atoms. The lowest BCUT2D eigenvalue weighted by Gasteiger charge is -2.66. The minimum absolute atomic E-state index is 0.150. The molecule has 1 N–H and O–H groups in total. The molecule has 332 valence electrons. The molecule has 69 heavy (non-hydrogen) atoms. The summed E-state index contributed by atoms with van der Waals surface area (Å²) in [6.45, 7) is 0. The number of nitrogens with zero attached hydrogens (tertiary/aromatic N) is 5. The quantitative estimate of drug-likeness (QED) is 0.108. The molecule has 4 saturated carbocycles. The number of hydrogen-bond acceptors (Lipinski definition) is 7. The maximum absolute atomic E-state index is 11.1. The van der Waals surface area contributed by atoms with E-state index < -0.39 is 0 Å². The first-order valence-corrected chi connectivity index (χ1v) is 24.3. The van der Waals surface area contributed by atoms with Gasteiger partial charge in [0, 0.05) is 43.9 Å². The van der Waals surface area contributed by atoms with Crippen LogP contribution in [0.4, 0.5) is 5.69 Å². The Bertz CT molecular complexity index is 3570. The fourth-order valence-electron chi connectivity index (χ4n) is 12.8. The Kier molecular flexibility index (Phi) is 10.2. The Labute approximate surface area is 405 Å². The highest BCUT2D eigenvalue weighted by Crippen LogP contribution is 2.83. The fourth-order valence-corrected chi connectivity index (χ4v) is 13.7. The number of aromatic hydroxyl groups is 1. The van der Waals surface area contributed by atoms with Gasteiger partial charge in [-0.25, -0.2) is 0 Å².